The van der Waals surface area contributed by atoms with Gasteiger partial charge in [0.1, 0.15) is 0 Å². The summed E-state index contributed by atoms with van der Waals surface area (Å²) in [5, 5.41) is 0. The quantitative estimate of drug-likeness (QED) is 0.377. The second kappa shape index (κ2) is 6.62. The fourth-order valence-electron chi connectivity index (χ4n) is 1.13. The van der Waals surface area contributed by atoms with E-state index < -0.39 is 0 Å². The molecule has 0 aliphatic rings. The molecule has 2 amide bonds. The number of nitrogens with zero attached hydrogens (tertiary/aromatic N) is 2. The number of nitrogens with two attached hydrogens (primary N) is 1. The zero-order chi connectivity index (χ0) is 11.1. The third-order valence-electron chi connectivity index (χ3n) is 1.81. The van der Waals surface area contributed by atoms with Crippen molar-refractivity contribution >= 4 is 6.03 Å². The summed E-state index contributed by atoms with van der Waals surface area (Å²) < 4.78 is 0. The lowest BCUT2D eigenvalue weighted by Crippen LogP contribution is -2.47. The van der Waals surface area contributed by atoms with Crippen LogP contribution >= 0.6 is 0 Å². The van der Waals surface area contributed by atoms with Gasteiger partial charge in [-0.1, -0.05) is 13.8 Å². The number of rotatable bonds is 5. The molecule has 0 saturated heterocycles. The topological polar surface area (TPSA) is 61.6 Å². The van der Waals surface area contributed by atoms with Crippen LogP contribution in [0.15, 0.2) is 0 Å². The molecular weight excluding hydrogens is 180 g/mol. The van der Waals surface area contributed by atoms with Gasteiger partial charge >= 0.3 is 6.03 Å². The highest BCUT2D eigenvalue weighted by Gasteiger charge is 2.13. The standard InChI is InChI=1S/C9H22N4O/c1-8(2)7-13(9(14)11-10)6-5-12(3)4/h8H,5-7,10H2,1-4H3,(H,11,14). The summed E-state index contributed by atoms with van der Waals surface area (Å²) in [5.74, 6) is 5.55. The van der Waals surface area contributed by atoms with Crippen molar-refractivity contribution in [2.75, 3.05) is 33.7 Å². The zero-order valence-electron chi connectivity index (χ0n) is 9.58. The lowest BCUT2D eigenvalue weighted by Gasteiger charge is -2.25. The van der Waals surface area contributed by atoms with E-state index in [1.54, 1.807) is 4.90 Å². The van der Waals surface area contributed by atoms with E-state index in [1.807, 2.05) is 19.0 Å². The van der Waals surface area contributed by atoms with Crippen LogP contribution in [-0.2, 0) is 0 Å². The Labute approximate surface area is 86.2 Å². The molecule has 0 saturated carbocycles. The molecule has 0 bridgehead atoms. The molecule has 0 rings (SSSR count). The summed E-state index contributed by atoms with van der Waals surface area (Å²) in [6.45, 7) is 6.43. The first kappa shape index (κ1) is 13.2. The number of hydrogen-bond donors (Lipinski definition) is 2. The first-order chi connectivity index (χ1) is 6.47. The van der Waals surface area contributed by atoms with E-state index >= 15 is 0 Å². The Morgan fingerprint density at radius 2 is 1.93 bits per heavy atom. The molecular formula is C9H22N4O. The SMILES string of the molecule is CC(C)CN(CCN(C)C)C(=O)NN. The summed E-state index contributed by atoms with van der Waals surface area (Å²) in [6, 6.07) is -0.208. The molecule has 0 unspecified atom stereocenters. The van der Waals surface area contributed by atoms with Crippen LogP contribution in [0.3, 0.4) is 0 Å². The van der Waals surface area contributed by atoms with Gasteiger partial charge in [-0.3, -0.25) is 5.43 Å². The first-order valence-corrected chi connectivity index (χ1v) is 4.87. The van der Waals surface area contributed by atoms with Crippen molar-refractivity contribution in [1.29, 1.82) is 0 Å². The number of carbonyl (C=O) groups is 1. The highest BCUT2D eigenvalue weighted by atomic mass is 16.2. The number of nitrogens with one attached hydrogen (secondary N) is 1. The van der Waals surface area contributed by atoms with Crippen LogP contribution in [-0.4, -0.2) is 49.6 Å². The normalized spacial score (nSPS) is 10.8. The second-order valence-corrected chi connectivity index (χ2v) is 4.09. The number of carbonyl (C=O) groups excluding carboxylic acids is 1. The van der Waals surface area contributed by atoms with E-state index in [0.717, 1.165) is 13.1 Å². The molecule has 0 fully saturated rings. The number of hydrogen-bond acceptors (Lipinski definition) is 3. The van der Waals surface area contributed by atoms with Gasteiger partial charge < -0.3 is 9.80 Å². The van der Waals surface area contributed by atoms with Crippen LogP contribution in [0.4, 0.5) is 4.79 Å². The van der Waals surface area contributed by atoms with Crippen molar-refractivity contribution in [1.82, 2.24) is 15.2 Å². The number of hydrazine groups is 1. The molecule has 3 N–H and O–H groups in total. The van der Waals surface area contributed by atoms with Gasteiger partial charge in [-0.15, -0.1) is 0 Å². The molecule has 0 heterocycles. The minimum Gasteiger partial charge on any atom is -0.322 e. The van der Waals surface area contributed by atoms with Crippen LogP contribution in [0.1, 0.15) is 13.8 Å². The Morgan fingerprint density at radius 3 is 2.29 bits per heavy atom. The predicted molar refractivity (Wildman–Crippen MR) is 57.7 cm³/mol. The van der Waals surface area contributed by atoms with Gasteiger partial charge in [-0.2, -0.15) is 0 Å². The number of amides is 2. The van der Waals surface area contributed by atoms with Gasteiger partial charge in [0.25, 0.3) is 0 Å². The van der Waals surface area contributed by atoms with Crippen molar-refractivity contribution in [2.24, 2.45) is 11.8 Å². The fourth-order valence-corrected chi connectivity index (χ4v) is 1.13. The molecule has 0 radical (unpaired) electrons. The third kappa shape index (κ3) is 5.77. The van der Waals surface area contributed by atoms with E-state index in [9.17, 15) is 4.79 Å². The average molecular weight is 202 g/mol. The molecule has 14 heavy (non-hydrogen) atoms. The van der Waals surface area contributed by atoms with Gasteiger partial charge in [0.15, 0.2) is 0 Å². The number of urea groups is 1. The van der Waals surface area contributed by atoms with Crippen molar-refractivity contribution < 1.29 is 4.79 Å². The molecule has 0 aromatic carbocycles. The summed E-state index contributed by atoms with van der Waals surface area (Å²) in [7, 11) is 3.96. The molecule has 0 aromatic heterocycles. The third-order valence-corrected chi connectivity index (χ3v) is 1.81. The highest BCUT2D eigenvalue weighted by Crippen LogP contribution is 1.98. The molecule has 84 valence electrons. The minimum absolute atomic E-state index is 0.208. The maximum atomic E-state index is 11.3. The van der Waals surface area contributed by atoms with Crippen molar-refractivity contribution in [3.05, 3.63) is 0 Å². The maximum Gasteiger partial charge on any atom is 0.331 e. The maximum absolute atomic E-state index is 11.3. The van der Waals surface area contributed by atoms with Crippen LogP contribution in [0, 0.1) is 5.92 Å². The number of likely N-dealkylation sites (N-methyl/N-ethyl adjacent to an activating group) is 1. The van der Waals surface area contributed by atoms with Gasteiger partial charge in [0.05, 0.1) is 0 Å². The molecule has 5 heteroatoms. The predicted octanol–water partition coefficient (Wildman–Crippen LogP) is 0.0893. The van der Waals surface area contributed by atoms with E-state index in [-0.39, 0.29) is 6.03 Å². The lowest BCUT2D eigenvalue weighted by atomic mass is 10.2. The van der Waals surface area contributed by atoms with E-state index in [2.05, 4.69) is 19.3 Å². The smallest absolute Gasteiger partial charge is 0.322 e. The first-order valence-electron chi connectivity index (χ1n) is 4.87. The Morgan fingerprint density at radius 1 is 1.36 bits per heavy atom. The fraction of sp³-hybridized carbons (Fsp3) is 0.889. The molecule has 0 aliphatic heterocycles. The zero-order valence-corrected chi connectivity index (χ0v) is 9.58. The molecule has 5 nitrogen and oxygen atoms in total. The second-order valence-electron chi connectivity index (χ2n) is 4.09. The molecule has 0 aliphatic carbocycles. The Hall–Kier alpha value is -0.810. The van der Waals surface area contributed by atoms with Crippen LogP contribution in [0.25, 0.3) is 0 Å². The van der Waals surface area contributed by atoms with Crippen molar-refractivity contribution in [3.63, 3.8) is 0 Å². The largest absolute Gasteiger partial charge is 0.331 e. The van der Waals surface area contributed by atoms with Gasteiger partial charge in [0.2, 0.25) is 0 Å². The highest BCUT2D eigenvalue weighted by molar-refractivity contribution is 5.73. The monoisotopic (exact) mass is 202 g/mol. The summed E-state index contributed by atoms with van der Waals surface area (Å²) in [5.41, 5.74) is 2.16. The van der Waals surface area contributed by atoms with Crippen LogP contribution in [0.2, 0.25) is 0 Å². The Bertz CT molecular complexity index is 170. The van der Waals surface area contributed by atoms with Crippen molar-refractivity contribution in [2.45, 2.75) is 13.8 Å². The summed E-state index contributed by atoms with van der Waals surface area (Å²) in [6.07, 6.45) is 0. The van der Waals surface area contributed by atoms with Gasteiger partial charge in [0, 0.05) is 19.6 Å². The van der Waals surface area contributed by atoms with E-state index in [0.29, 0.717) is 12.5 Å². The van der Waals surface area contributed by atoms with Crippen molar-refractivity contribution in [3.8, 4) is 0 Å². The molecule has 0 atom stereocenters. The Kier molecular flexibility index (Phi) is 6.23. The lowest BCUT2D eigenvalue weighted by molar-refractivity contribution is 0.184. The summed E-state index contributed by atoms with van der Waals surface area (Å²) >= 11 is 0. The van der Waals surface area contributed by atoms with E-state index in [1.165, 1.54) is 0 Å². The van der Waals surface area contributed by atoms with Crippen LogP contribution < -0.4 is 11.3 Å². The Balaban J connectivity index is 4.04. The van der Waals surface area contributed by atoms with Gasteiger partial charge in [-0.25, -0.2) is 10.6 Å². The van der Waals surface area contributed by atoms with E-state index in [4.69, 9.17) is 5.84 Å². The molecule has 0 aromatic rings. The van der Waals surface area contributed by atoms with Gasteiger partial charge in [-0.05, 0) is 20.0 Å². The molecule has 0 spiro atoms. The minimum atomic E-state index is -0.208. The van der Waals surface area contributed by atoms with Crippen LogP contribution in [0.5, 0.6) is 0 Å². The average Bonchev–Trinajstić information content (AvgIpc) is 2.10. The summed E-state index contributed by atoms with van der Waals surface area (Å²) in [4.78, 5) is 15.1.